The summed E-state index contributed by atoms with van der Waals surface area (Å²) in [6.07, 6.45) is 3.53. The fraction of sp³-hybridized carbons (Fsp3) is 0.588. The molecule has 0 aromatic heterocycles. The molecule has 0 spiro atoms. The molecule has 2 nitrogen and oxygen atoms in total. The van der Waals surface area contributed by atoms with E-state index < -0.39 is 0 Å². The van der Waals surface area contributed by atoms with Gasteiger partial charge in [-0.15, -0.1) is 0 Å². The molecule has 3 atom stereocenters. The van der Waals surface area contributed by atoms with Crippen molar-refractivity contribution in [3.05, 3.63) is 33.3 Å². The number of benzene rings is 1. The predicted molar refractivity (Wildman–Crippen MR) is 91.7 cm³/mol. The van der Waals surface area contributed by atoms with Crippen LogP contribution < -0.4 is 5.32 Å². The van der Waals surface area contributed by atoms with Crippen molar-refractivity contribution in [3.63, 3.8) is 0 Å². The Morgan fingerprint density at radius 2 is 2.05 bits per heavy atom. The quantitative estimate of drug-likeness (QED) is 0.767. The van der Waals surface area contributed by atoms with E-state index in [1.54, 1.807) is 12.1 Å². The number of hydrogen-bond acceptors (Lipinski definition) is 1. The second kappa shape index (κ2) is 7.15. The summed E-state index contributed by atoms with van der Waals surface area (Å²) in [5, 5.41) is 3.81. The summed E-state index contributed by atoms with van der Waals surface area (Å²) in [7, 11) is 0. The maximum atomic E-state index is 12.5. The molecule has 116 valence electrons. The SMILES string of the molecule is CC1CCC(C(C)C)C(NC(=O)c2cc(Cl)cc(Br)c2)C1. The van der Waals surface area contributed by atoms with E-state index in [-0.39, 0.29) is 11.9 Å². The molecule has 4 heteroatoms. The minimum atomic E-state index is -0.0250. The molecule has 1 aromatic rings. The van der Waals surface area contributed by atoms with Crippen molar-refractivity contribution in [1.29, 1.82) is 0 Å². The van der Waals surface area contributed by atoms with Crippen LogP contribution in [0.4, 0.5) is 0 Å². The van der Waals surface area contributed by atoms with Gasteiger partial charge in [-0.3, -0.25) is 4.79 Å². The van der Waals surface area contributed by atoms with Gasteiger partial charge in [-0.2, -0.15) is 0 Å². The Bertz CT molecular complexity index is 497. The number of hydrogen-bond donors (Lipinski definition) is 1. The van der Waals surface area contributed by atoms with Crippen LogP contribution in [0.5, 0.6) is 0 Å². The Labute approximate surface area is 140 Å². The molecule has 3 unspecified atom stereocenters. The molecule has 1 aromatic carbocycles. The predicted octanol–water partition coefficient (Wildman–Crippen LogP) is 5.29. The minimum absolute atomic E-state index is 0.0250. The van der Waals surface area contributed by atoms with E-state index in [2.05, 4.69) is 42.0 Å². The molecule has 0 saturated heterocycles. The third-order valence-corrected chi connectivity index (χ3v) is 5.14. The lowest BCUT2D eigenvalue weighted by molar-refractivity contribution is 0.0868. The van der Waals surface area contributed by atoms with Crippen molar-refractivity contribution in [1.82, 2.24) is 5.32 Å². The molecule has 1 aliphatic rings. The molecule has 1 amide bonds. The second-order valence-corrected chi connectivity index (χ2v) is 7.92. The van der Waals surface area contributed by atoms with Gasteiger partial charge in [0.15, 0.2) is 0 Å². The van der Waals surface area contributed by atoms with Crippen LogP contribution in [0.1, 0.15) is 50.4 Å². The smallest absolute Gasteiger partial charge is 0.251 e. The zero-order valence-electron chi connectivity index (χ0n) is 12.8. The van der Waals surface area contributed by atoms with Crippen molar-refractivity contribution in [2.24, 2.45) is 17.8 Å². The number of carbonyl (C=O) groups is 1. The zero-order chi connectivity index (χ0) is 15.6. The second-order valence-electron chi connectivity index (χ2n) is 6.56. The van der Waals surface area contributed by atoms with Gasteiger partial charge in [0.1, 0.15) is 0 Å². The lowest BCUT2D eigenvalue weighted by Gasteiger charge is -2.37. The summed E-state index contributed by atoms with van der Waals surface area (Å²) < 4.78 is 0.831. The highest BCUT2D eigenvalue weighted by Gasteiger charge is 2.31. The molecule has 1 N–H and O–H groups in total. The largest absolute Gasteiger partial charge is 0.349 e. The minimum Gasteiger partial charge on any atom is -0.349 e. The topological polar surface area (TPSA) is 29.1 Å². The molecule has 1 saturated carbocycles. The molecule has 1 fully saturated rings. The summed E-state index contributed by atoms with van der Waals surface area (Å²) in [6.45, 7) is 6.76. The van der Waals surface area contributed by atoms with E-state index in [0.717, 1.165) is 10.9 Å². The third-order valence-electron chi connectivity index (χ3n) is 4.46. The van der Waals surface area contributed by atoms with E-state index in [4.69, 9.17) is 11.6 Å². The van der Waals surface area contributed by atoms with Crippen molar-refractivity contribution >= 4 is 33.4 Å². The average molecular weight is 373 g/mol. The first kappa shape index (κ1) is 16.8. The standard InChI is InChI=1S/C17H23BrClNO/c1-10(2)15-5-4-11(3)6-16(15)20-17(21)12-7-13(18)9-14(19)8-12/h7-11,15-16H,4-6H2,1-3H3,(H,20,21). The van der Waals surface area contributed by atoms with Gasteiger partial charge in [-0.1, -0.05) is 54.7 Å². The summed E-state index contributed by atoms with van der Waals surface area (Å²) in [5.74, 6) is 1.81. The summed E-state index contributed by atoms with van der Waals surface area (Å²) >= 11 is 9.42. The number of carbonyl (C=O) groups excluding carboxylic acids is 1. The molecule has 0 heterocycles. The maximum Gasteiger partial charge on any atom is 0.251 e. The van der Waals surface area contributed by atoms with Crippen LogP contribution in [-0.4, -0.2) is 11.9 Å². The third kappa shape index (κ3) is 4.46. The molecule has 0 bridgehead atoms. The molecular formula is C17H23BrClNO. The van der Waals surface area contributed by atoms with Gasteiger partial charge < -0.3 is 5.32 Å². The van der Waals surface area contributed by atoms with E-state index in [0.29, 0.717) is 28.3 Å². The lowest BCUT2D eigenvalue weighted by Crippen LogP contribution is -2.45. The van der Waals surface area contributed by atoms with Crippen molar-refractivity contribution in [3.8, 4) is 0 Å². The van der Waals surface area contributed by atoms with E-state index in [1.165, 1.54) is 12.8 Å². The van der Waals surface area contributed by atoms with Crippen molar-refractivity contribution < 1.29 is 4.79 Å². The summed E-state index contributed by atoms with van der Waals surface area (Å²) in [6, 6.07) is 5.59. The zero-order valence-corrected chi connectivity index (χ0v) is 15.2. The van der Waals surface area contributed by atoms with Gasteiger partial charge in [-0.25, -0.2) is 0 Å². The highest BCUT2D eigenvalue weighted by Crippen LogP contribution is 2.33. The highest BCUT2D eigenvalue weighted by atomic mass is 79.9. The van der Waals surface area contributed by atoms with Crippen molar-refractivity contribution in [2.45, 2.75) is 46.1 Å². The van der Waals surface area contributed by atoms with E-state index in [1.807, 2.05) is 6.07 Å². The number of nitrogens with one attached hydrogen (secondary N) is 1. The van der Waals surface area contributed by atoms with Gasteiger partial charge in [0.05, 0.1) is 0 Å². The monoisotopic (exact) mass is 371 g/mol. The van der Waals surface area contributed by atoms with Crippen LogP contribution in [0.3, 0.4) is 0 Å². The Kier molecular flexibility index (Phi) is 5.73. The Balaban J connectivity index is 2.12. The Hall–Kier alpha value is -0.540. The van der Waals surface area contributed by atoms with Crippen LogP contribution in [0, 0.1) is 17.8 Å². The summed E-state index contributed by atoms with van der Waals surface area (Å²) in [5.41, 5.74) is 0.620. The average Bonchev–Trinajstić information content (AvgIpc) is 2.37. The van der Waals surface area contributed by atoms with Gasteiger partial charge in [0, 0.05) is 21.1 Å². The molecule has 21 heavy (non-hydrogen) atoms. The summed E-state index contributed by atoms with van der Waals surface area (Å²) in [4.78, 5) is 12.5. The van der Waals surface area contributed by atoms with Crippen LogP contribution in [0.15, 0.2) is 22.7 Å². The fourth-order valence-electron chi connectivity index (χ4n) is 3.30. The molecule has 1 aliphatic carbocycles. The Morgan fingerprint density at radius 1 is 1.33 bits per heavy atom. The normalized spacial score (nSPS) is 25.9. The van der Waals surface area contributed by atoms with Crippen LogP contribution in [-0.2, 0) is 0 Å². The van der Waals surface area contributed by atoms with Gasteiger partial charge in [0.25, 0.3) is 5.91 Å². The van der Waals surface area contributed by atoms with E-state index in [9.17, 15) is 4.79 Å². The molecule has 2 rings (SSSR count). The first-order chi connectivity index (χ1) is 9.86. The van der Waals surface area contributed by atoms with Crippen LogP contribution in [0.25, 0.3) is 0 Å². The maximum absolute atomic E-state index is 12.5. The first-order valence-corrected chi connectivity index (χ1v) is 8.81. The molecule has 0 radical (unpaired) electrons. The van der Waals surface area contributed by atoms with Gasteiger partial charge >= 0.3 is 0 Å². The molecular weight excluding hydrogens is 350 g/mol. The number of amides is 1. The van der Waals surface area contributed by atoms with E-state index >= 15 is 0 Å². The van der Waals surface area contributed by atoms with Gasteiger partial charge in [-0.05, 0) is 48.8 Å². The lowest BCUT2D eigenvalue weighted by atomic mass is 9.74. The first-order valence-electron chi connectivity index (χ1n) is 7.63. The Morgan fingerprint density at radius 3 is 2.67 bits per heavy atom. The fourth-order valence-corrected chi connectivity index (χ4v) is 4.16. The highest BCUT2D eigenvalue weighted by molar-refractivity contribution is 9.10. The van der Waals surface area contributed by atoms with Crippen LogP contribution >= 0.6 is 27.5 Å². The number of rotatable bonds is 3. The van der Waals surface area contributed by atoms with Gasteiger partial charge in [0.2, 0.25) is 0 Å². The van der Waals surface area contributed by atoms with Crippen LogP contribution in [0.2, 0.25) is 5.02 Å². The molecule has 0 aliphatic heterocycles. The van der Waals surface area contributed by atoms with Crippen molar-refractivity contribution in [2.75, 3.05) is 0 Å². The number of halogens is 2.